The van der Waals surface area contributed by atoms with Crippen LogP contribution in [0.2, 0.25) is 0 Å². The lowest BCUT2D eigenvalue weighted by Crippen LogP contribution is -2.08. The Labute approximate surface area is 95.7 Å². The van der Waals surface area contributed by atoms with E-state index in [-0.39, 0.29) is 5.78 Å². The third kappa shape index (κ3) is 3.91. The first kappa shape index (κ1) is 12.5. The average Bonchev–Trinajstić information content (AvgIpc) is 2.34. The number of azide groups is 1. The number of rotatable bonds is 6. The molecular formula is C12H17N3O. The summed E-state index contributed by atoms with van der Waals surface area (Å²) in [5, 5.41) is 3.43. The number of hydrogen-bond acceptors (Lipinski definition) is 2. The number of hydrogen-bond donors (Lipinski definition) is 0. The van der Waals surface area contributed by atoms with Crippen molar-refractivity contribution in [3.05, 3.63) is 34.2 Å². The van der Waals surface area contributed by atoms with Crippen LogP contribution in [-0.4, -0.2) is 12.3 Å². The minimum atomic E-state index is 0.0978. The molecule has 4 nitrogen and oxygen atoms in total. The number of carbonyl (C=O) groups excluding carboxylic acids is 1. The van der Waals surface area contributed by atoms with Gasteiger partial charge in [-0.2, -0.15) is 0 Å². The van der Waals surface area contributed by atoms with Gasteiger partial charge in [0.2, 0.25) is 0 Å². The van der Waals surface area contributed by atoms with E-state index in [9.17, 15) is 4.79 Å². The summed E-state index contributed by atoms with van der Waals surface area (Å²) in [6, 6.07) is 0. The van der Waals surface area contributed by atoms with E-state index >= 15 is 0 Å². The molecule has 0 radical (unpaired) electrons. The van der Waals surface area contributed by atoms with Crippen LogP contribution in [0.25, 0.3) is 10.4 Å². The van der Waals surface area contributed by atoms with Crippen LogP contribution < -0.4 is 0 Å². The molecule has 0 spiro atoms. The van der Waals surface area contributed by atoms with E-state index in [1.165, 1.54) is 6.42 Å². The largest absolute Gasteiger partial charge is 0.289 e. The number of nitrogens with zero attached hydrogens (tertiary/aromatic N) is 3. The molecule has 0 fully saturated rings. The lowest BCUT2D eigenvalue weighted by molar-refractivity contribution is -0.112. The van der Waals surface area contributed by atoms with Crippen LogP contribution in [0.4, 0.5) is 0 Å². The highest BCUT2D eigenvalue weighted by atomic mass is 16.1. The maximum atomic E-state index is 11.9. The second-order valence-electron chi connectivity index (χ2n) is 3.97. The Morgan fingerprint density at radius 1 is 1.56 bits per heavy atom. The SMILES string of the molecule is C=C(CCCN=[N+]=[N-])C(=O)C1=CCCCC1. The highest BCUT2D eigenvalue weighted by Gasteiger charge is 2.14. The molecule has 4 heteroatoms. The van der Waals surface area contributed by atoms with E-state index in [0.717, 1.165) is 24.8 Å². The average molecular weight is 219 g/mol. The number of ketones is 1. The number of allylic oxidation sites excluding steroid dienone is 3. The molecule has 1 rings (SSSR count). The van der Waals surface area contributed by atoms with Gasteiger partial charge in [0.1, 0.15) is 0 Å². The Morgan fingerprint density at radius 3 is 3.00 bits per heavy atom. The molecule has 0 aromatic rings. The summed E-state index contributed by atoms with van der Waals surface area (Å²) in [6.07, 6.45) is 7.52. The Kier molecular flexibility index (Phi) is 5.37. The standard InChI is InChI=1S/C12H17N3O/c1-10(6-5-9-14-15-13)12(16)11-7-3-2-4-8-11/h7H,1-6,8-9H2. The summed E-state index contributed by atoms with van der Waals surface area (Å²) in [5.74, 6) is 0.0978. The first-order chi connectivity index (χ1) is 7.75. The fourth-order valence-electron chi connectivity index (χ4n) is 1.79. The van der Waals surface area contributed by atoms with Gasteiger partial charge in [0.25, 0.3) is 0 Å². The molecule has 0 atom stereocenters. The van der Waals surface area contributed by atoms with Crippen molar-refractivity contribution >= 4 is 5.78 Å². The van der Waals surface area contributed by atoms with Crippen LogP contribution in [-0.2, 0) is 4.79 Å². The lowest BCUT2D eigenvalue weighted by Gasteiger charge is -2.12. The van der Waals surface area contributed by atoms with Gasteiger partial charge < -0.3 is 0 Å². The van der Waals surface area contributed by atoms with Gasteiger partial charge >= 0.3 is 0 Å². The molecule has 0 unspecified atom stereocenters. The van der Waals surface area contributed by atoms with Crippen LogP contribution in [0.1, 0.15) is 38.5 Å². The molecule has 0 bridgehead atoms. The Hall–Kier alpha value is -1.54. The van der Waals surface area contributed by atoms with Crippen molar-refractivity contribution in [3.63, 3.8) is 0 Å². The Morgan fingerprint density at radius 2 is 2.38 bits per heavy atom. The van der Waals surface area contributed by atoms with E-state index < -0.39 is 0 Å². The molecule has 0 aromatic carbocycles. The normalized spacial score (nSPS) is 14.9. The van der Waals surface area contributed by atoms with Gasteiger partial charge in [-0.05, 0) is 55.2 Å². The van der Waals surface area contributed by atoms with Crippen LogP contribution in [0.5, 0.6) is 0 Å². The summed E-state index contributed by atoms with van der Waals surface area (Å²) < 4.78 is 0. The third-order valence-electron chi connectivity index (χ3n) is 2.70. The van der Waals surface area contributed by atoms with Crippen molar-refractivity contribution in [2.75, 3.05) is 6.54 Å². The molecule has 16 heavy (non-hydrogen) atoms. The van der Waals surface area contributed by atoms with Crippen LogP contribution in [0.15, 0.2) is 28.9 Å². The van der Waals surface area contributed by atoms with Gasteiger partial charge in [-0.15, -0.1) is 0 Å². The molecule has 0 aliphatic heterocycles. The molecule has 0 amide bonds. The van der Waals surface area contributed by atoms with Crippen molar-refractivity contribution in [2.45, 2.75) is 38.5 Å². The van der Waals surface area contributed by atoms with Gasteiger partial charge in [0.05, 0.1) is 0 Å². The van der Waals surface area contributed by atoms with Crippen molar-refractivity contribution in [1.82, 2.24) is 0 Å². The first-order valence-electron chi connectivity index (χ1n) is 5.68. The van der Waals surface area contributed by atoms with E-state index in [0.29, 0.717) is 25.0 Å². The quantitative estimate of drug-likeness (QED) is 0.221. The zero-order valence-electron chi connectivity index (χ0n) is 9.48. The fraction of sp³-hybridized carbons (Fsp3) is 0.583. The molecule has 0 heterocycles. The minimum Gasteiger partial charge on any atom is -0.289 e. The summed E-state index contributed by atoms with van der Waals surface area (Å²) in [5.41, 5.74) is 9.66. The highest BCUT2D eigenvalue weighted by molar-refractivity contribution is 6.07. The molecule has 1 aliphatic carbocycles. The van der Waals surface area contributed by atoms with E-state index in [4.69, 9.17) is 5.53 Å². The van der Waals surface area contributed by atoms with Gasteiger partial charge in [0, 0.05) is 11.5 Å². The monoisotopic (exact) mass is 219 g/mol. The second-order valence-corrected chi connectivity index (χ2v) is 3.97. The van der Waals surface area contributed by atoms with Crippen molar-refractivity contribution < 1.29 is 4.79 Å². The minimum absolute atomic E-state index is 0.0978. The Balaban J connectivity index is 2.38. The number of carbonyl (C=O) groups is 1. The molecule has 1 aliphatic rings. The zero-order valence-corrected chi connectivity index (χ0v) is 9.48. The van der Waals surface area contributed by atoms with E-state index in [1.807, 2.05) is 6.08 Å². The lowest BCUT2D eigenvalue weighted by atomic mass is 9.92. The molecule has 0 N–H and O–H groups in total. The van der Waals surface area contributed by atoms with Gasteiger partial charge in [-0.3, -0.25) is 4.79 Å². The van der Waals surface area contributed by atoms with Crippen LogP contribution >= 0.6 is 0 Å². The molecule has 0 saturated carbocycles. The maximum Gasteiger partial charge on any atom is 0.184 e. The van der Waals surface area contributed by atoms with Gasteiger partial charge in [0.15, 0.2) is 5.78 Å². The van der Waals surface area contributed by atoms with Crippen molar-refractivity contribution in [3.8, 4) is 0 Å². The maximum absolute atomic E-state index is 11.9. The van der Waals surface area contributed by atoms with E-state index in [2.05, 4.69) is 16.6 Å². The molecule has 0 saturated heterocycles. The first-order valence-corrected chi connectivity index (χ1v) is 5.68. The molecular weight excluding hydrogens is 202 g/mol. The molecule has 0 aromatic heterocycles. The summed E-state index contributed by atoms with van der Waals surface area (Å²) in [4.78, 5) is 14.6. The summed E-state index contributed by atoms with van der Waals surface area (Å²) in [7, 11) is 0. The fourth-order valence-corrected chi connectivity index (χ4v) is 1.79. The number of Topliss-reactive ketones (excluding diaryl/α,β-unsaturated/α-hetero) is 1. The van der Waals surface area contributed by atoms with Gasteiger partial charge in [-0.25, -0.2) is 0 Å². The molecule has 86 valence electrons. The summed E-state index contributed by atoms with van der Waals surface area (Å²) >= 11 is 0. The Bertz CT molecular complexity index is 351. The second kappa shape index (κ2) is 6.85. The van der Waals surface area contributed by atoms with Crippen LogP contribution in [0, 0.1) is 0 Å². The highest BCUT2D eigenvalue weighted by Crippen LogP contribution is 2.21. The zero-order chi connectivity index (χ0) is 11.8. The summed E-state index contributed by atoms with van der Waals surface area (Å²) in [6.45, 7) is 4.23. The predicted octanol–water partition coefficient (Wildman–Crippen LogP) is 3.70. The topological polar surface area (TPSA) is 65.8 Å². The van der Waals surface area contributed by atoms with Gasteiger partial charge in [-0.1, -0.05) is 17.8 Å². The predicted molar refractivity (Wildman–Crippen MR) is 63.9 cm³/mol. The van der Waals surface area contributed by atoms with E-state index in [1.54, 1.807) is 0 Å². The van der Waals surface area contributed by atoms with Crippen molar-refractivity contribution in [1.29, 1.82) is 0 Å². The third-order valence-corrected chi connectivity index (χ3v) is 2.70. The van der Waals surface area contributed by atoms with Crippen LogP contribution in [0.3, 0.4) is 0 Å². The smallest absolute Gasteiger partial charge is 0.184 e. The van der Waals surface area contributed by atoms with Crippen molar-refractivity contribution in [2.24, 2.45) is 5.11 Å².